The highest BCUT2D eigenvalue weighted by Crippen LogP contribution is 2.32. The molecule has 0 aromatic heterocycles. The van der Waals surface area contributed by atoms with Crippen molar-refractivity contribution < 1.29 is 4.74 Å². The molecule has 1 N–H and O–H groups in total. The molecule has 2 aromatic carbocycles. The first-order valence-corrected chi connectivity index (χ1v) is 7.83. The Labute approximate surface area is 138 Å². The van der Waals surface area contributed by atoms with E-state index in [1.165, 1.54) is 42.5 Å². The van der Waals surface area contributed by atoms with Crippen LogP contribution in [0.2, 0.25) is 0 Å². The summed E-state index contributed by atoms with van der Waals surface area (Å²) in [6.45, 7) is 5.92. The summed E-state index contributed by atoms with van der Waals surface area (Å²) < 4.78 is 5.49. The fourth-order valence-electron chi connectivity index (χ4n) is 3.97. The molecule has 4 heteroatoms. The first-order chi connectivity index (χ1) is 10.3. The molecule has 0 saturated carbocycles. The van der Waals surface area contributed by atoms with Crippen LogP contribution in [0.15, 0.2) is 36.4 Å². The summed E-state index contributed by atoms with van der Waals surface area (Å²) in [4.78, 5) is 2.62. The topological polar surface area (TPSA) is 24.5 Å². The van der Waals surface area contributed by atoms with Gasteiger partial charge in [-0.25, -0.2) is 0 Å². The lowest BCUT2D eigenvalue weighted by Crippen LogP contribution is -2.25. The van der Waals surface area contributed by atoms with Crippen molar-refractivity contribution in [2.24, 2.45) is 11.8 Å². The van der Waals surface area contributed by atoms with Gasteiger partial charge in [0, 0.05) is 25.0 Å². The van der Waals surface area contributed by atoms with E-state index in [0.717, 1.165) is 24.1 Å². The molecule has 2 saturated heterocycles. The summed E-state index contributed by atoms with van der Waals surface area (Å²) in [5.41, 5.74) is 1.42. The number of rotatable bonds is 3. The Bertz CT molecular complexity index is 649. The smallest absolute Gasteiger partial charge is 0.126 e. The summed E-state index contributed by atoms with van der Waals surface area (Å²) >= 11 is 0. The van der Waals surface area contributed by atoms with Crippen molar-refractivity contribution in [3.63, 3.8) is 0 Å². The average Bonchev–Trinajstić information content (AvgIpc) is 3.09. The second-order valence-electron chi connectivity index (χ2n) is 6.35. The van der Waals surface area contributed by atoms with Crippen LogP contribution in [-0.2, 0) is 6.54 Å². The Balaban J connectivity index is 0.00000144. The van der Waals surface area contributed by atoms with Crippen LogP contribution in [0, 0.1) is 11.8 Å². The summed E-state index contributed by atoms with van der Waals surface area (Å²) in [6, 6.07) is 12.9. The number of halogens is 1. The Morgan fingerprint density at radius 2 is 1.73 bits per heavy atom. The van der Waals surface area contributed by atoms with Gasteiger partial charge in [0.25, 0.3) is 0 Å². The van der Waals surface area contributed by atoms with Gasteiger partial charge in [0.1, 0.15) is 5.75 Å². The SMILES string of the molecule is COc1ccc(CN2C[C@H]3CNC[C@H]3C2)c2ccccc12.Cl. The maximum Gasteiger partial charge on any atom is 0.126 e. The first-order valence-electron chi connectivity index (χ1n) is 7.83. The van der Waals surface area contributed by atoms with E-state index in [4.69, 9.17) is 4.74 Å². The highest BCUT2D eigenvalue weighted by atomic mass is 35.5. The number of nitrogens with zero attached hydrogens (tertiary/aromatic N) is 1. The molecule has 2 fully saturated rings. The van der Waals surface area contributed by atoms with Crippen molar-refractivity contribution in [3.05, 3.63) is 42.0 Å². The predicted molar refractivity (Wildman–Crippen MR) is 92.9 cm³/mol. The summed E-state index contributed by atoms with van der Waals surface area (Å²) in [5.74, 6) is 2.68. The molecule has 2 aromatic rings. The zero-order chi connectivity index (χ0) is 14.2. The number of nitrogens with one attached hydrogen (secondary N) is 1. The molecule has 0 spiro atoms. The Hall–Kier alpha value is -1.29. The number of methoxy groups -OCH3 is 1. The van der Waals surface area contributed by atoms with Gasteiger partial charge < -0.3 is 10.1 Å². The maximum absolute atomic E-state index is 5.49. The van der Waals surface area contributed by atoms with E-state index in [-0.39, 0.29) is 12.4 Å². The van der Waals surface area contributed by atoms with Crippen LogP contribution in [0.4, 0.5) is 0 Å². The zero-order valence-electron chi connectivity index (χ0n) is 12.9. The summed E-state index contributed by atoms with van der Waals surface area (Å²) in [6.07, 6.45) is 0. The summed E-state index contributed by atoms with van der Waals surface area (Å²) in [5, 5.41) is 6.06. The molecule has 118 valence electrons. The van der Waals surface area contributed by atoms with Crippen LogP contribution in [0.1, 0.15) is 5.56 Å². The van der Waals surface area contributed by atoms with Gasteiger partial charge in [0.15, 0.2) is 0 Å². The Kier molecular flexibility index (Phi) is 4.57. The largest absolute Gasteiger partial charge is 0.496 e. The number of hydrogen-bond acceptors (Lipinski definition) is 3. The van der Waals surface area contributed by atoms with Crippen LogP contribution in [0.3, 0.4) is 0 Å². The lowest BCUT2D eigenvalue weighted by atomic mass is 10.0. The van der Waals surface area contributed by atoms with E-state index >= 15 is 0 Å². The average molecular weight is 319 g/mol. The van der Waals surface area contributed by atoms with Gasteiger partial charge in [-0.05, 0) is 41.9 Å². The van der Waals surface area contributed by atoms with E-state index in [1.54, 1.807) is 7.11 Å². The van der Waals surface area contributed by atoms with E-state index in [1.807, 2.05) is 0 Å². The van der Waals surface area contributed by atoms with Crippen LogP contribution < -0.4 is 10.1 Å². The third-order valence-electron chi connectivity index (χ3n) is 5.05. The molecule has 2 aliphatic heterocycles. The Morgan fingerprint density at radius 3 is 2.41 bits per heavy atom. The van der Waals surface area contributed by atoms with Gasteiger partial charge in [0.2, 0.25) is 0 Å². The minimum atomic E-state index is 0. The molecular formula is C18H23ClN2O. The van der Waals surface area contributed by atoms with Gasteiger partial charge in [-0.3, -0.25) is 4.90 Å². The molecule has 2 atom stereocenters. The van der Waals surface area contributed by atoms with Crippen molar-refractivity contribution in [1.82, 2.24) is 10.2 Å². The monoisotopic (exact) mass is 318 g/mol. The molecule has 0 radical (unpaired) electrons. The zero-order valence-corrected chi connectivity index (χ0v) is 13.7. The van der Waals surface area contributed by atoms with Gasteiger partial charge in [-0.15, -0.1) is 12.4 Å². The van der Waals surface area contributed by atoms with Crippen LogP contribution in [0.25, 0.3) is 10.8 Å². The molecule has 2 heterocycles. The van der Waals surface area contributed by atoms with Gasteiger partial charge in [-0.2, -0.15) is 0 Å². The van der Waals surface area contributed by atoms with Crippen LogP contribution >= 0.6 is 12.4 Å². The van der Waals surface area contributed by atoms with Crippen molar-refractivity contribution >= 4 is 23.2 Å². The van der Waals surface area contributed by atoms with Crippen LogP contribution in [0.5, 0.6) is 5.75 Å². The van der Waals surface area contributed by atoms with E-state index in [0.29, 0.717) is 0 Å². The number of ether oxygens (including phenoxy) is 1. The van der Waals surface area contributed by atoms with Crippen molar-refractivity contribution in [2.75, 3.05) is 33.3 Å². The lowest BCUT2D eigenvalue weighted by Gasteiger charge is -2.19. The maximum atomic E-state index is 5.49. The second kappa shape index (κ2) is 6.45. The lowest BCUT2D eigenvalue weighted by molar-refractivity contribution is 0.306. The number of benzene rings is 2. The standard InChI is InChI=1S/C18H22N2O.ClH/c1-21-18-7-6-13(16-4-2-3-5-17(16)18)10-20-11-14-8-19-9-15(14)12-20;/h2-7,14-15,19H,8-12H2,1H3;1H/t14-,15+;. The molecule has 22 heavy (non-hydrogen) atoms. The molecule has 0 bridgehead atoms. The quantitative estimate of drug-likeness (QED) is 0.941. The van der Waals surface area contributed by atoms with E-state index < -0.39 is 0 Å². The first kappa shape index (κ1) is 15.6. The minimum absolute atomic E-state index is 0. The second-order valence-corrected chi connectivity index (χ2v) is 6.35. The highest BCUT2D eigenvalue weighted by Gasteiger charge is 2.35. The van der Waals surface area contributed by atoms with E-state index in [9.17, 15) is 0 Å². The minimum Gasteiger partial charge on any atom is -0.496 e. The molecule has 0 amide bonds. The summed E-state index contributed by atoms with van der Waals surface area (Å²) in [7, 11) is 1.75. The third-order valence-corrected chi connectivity index (χ3v) is 5.05. The van der Waals surface area contributed by atoms with Gasteiger partial charge >= 0.3 is 0 Å². The normalized spacial score (nSPS) is 24.2. The van der Waals surface area contributed by atoms with Gasteiger partial charge in [-0.1, -0.05) is 30.3 Å². The van der Waals surface area contributed by atoms with Crippen molar-refractivity contribution in [1.29, 1.82) is 0 Å². The molecule has 0 aliphatic carbocycles. The highest BCUT2D eigenvalue weighted by molar-refractivity contribution is 5.91. The predicted octanol–water partition coefficient (Wildman–Crippen LogP) is 2.92. The van der Waals surface area contributed by atoms with Crippen molar-refractivity contribution in [3.8, 4) is 5.75 Å². The molecule has 2 aliphatic rings. The molecule has 3 nitrogen and oxygen atoms in total. The fourth-order valence-corrected chi connectivity index (χ4v) is 3.97. The number of fused-ring (bicyclic) bond motifs is 2. The fraction of sp³-hybridized carbons (Fsp3) is 0.444. The molecule has 0 unspecified atom stereocenters. The molecular weight excluding hydrogens is 296 g/mol. The van der Waals surface area contributed by atoms with Crippen LogP contribution in [-0.4, -0.2) is 38.2 Å². The van der Waals surface area contributed by atoms with E-state index in [2.05, 4.69) is 46.6 Å². The Morgan fingerprint density at radius 1 is 1.05 bits per heavy atom. The third kappa shape index (κ3) is 2.69. The number of hydrogen-bond donors (Lipinski definition) is 1. The molecule has 4 rings (SSSR count). The van der Waals surface area contributed by atoms with Gasteiger partial charge in [0.05, 0.1) is 7.11 Å². The van der Waals surface area contributed by atoms with Crippen molar-refractivity contribution in [2.45, 2.75) is 6.54 Å². The number of likely N-dealkylation sites (tertiary alicyclic amines) is 1.